The molecule has 3 aliphatic rings. The number of nitrogens with zero attached hydrogens (tertiary/aromatic N) is 2. The molecule has 2 saturated heterocycles. The van der Waals surface area contributed by atoms with E-state index in [0.29, 0.717) is 32.2 Å². The summed E-state index contributed by atoms with van der Waals surface area (Å²) in [5, 5.41) is 3.09. The fraction of sp³-hybridized carbons (Fsp3) is 0.619. The van der Waals surface area contributed by atoms with Crippen LogP contribution in [0, 0.1) is 5.92 Å². The molecule has 1 aliphatic carbocycles. The van der Waals surface area contributed by atoms with E-state index in [9.17, 15) is 9.59 Å². The molecule has 1 aromatic rings. The van der Waals surface area contributed by atoms with Crippen molar-refractivity contribution in [1.82, 2.24) is 4.90 Å². The topological polar surface area (TPSA) is 61.9 Å². The highest BCUT2D eigenvalue weighted by Crippen LogP contribution is 2.31. The molecule has 6 heteroatoms. The predicted octanol–water partition coefficient (Wildman–Crippen LogP) is 2.64. The molecule has 1 unspecified atom stereocenters. The molecule has 27 heavy (non-hydrogen) atoms. The Morgan fingerprint density at radius 2 is 1.81 bits per heavy atom. The highest BCUT2D eigenvalue weighted by molar-refractivity contribution is 5.99. The van der Waals surface area contributed by atoms with E-state index in [1.54, 1.807) is 0 Å². The van der Waals surface area contributed by atoms with Gasteiger partial charge in [-0.05, 0) is 25.0 Å². The largest absolute Gasteiger partial charge is 0.378 e. The van der Waals surface area contributed by atoms with Crippen LogP contribution in [0.2, 0.25) is 0 Å². The van der Waals surface area contributed by atoms with Crippen LogP contribution < -0.4 is 10.2 Å². The number of carbonyl (C=O) groups excluding carboxylic acids is 2. The van der Waals surface area contributed by atoms with Crippen molar-refractivity contribution in [2.24, 2.45) is 5.92 Å². The number of para-hydroxylation sites is 2. The number of benzene rings is 1. The summed E-state index contributed by atoms with van der Waals surface area (Å²) >= 11 is 0. The summed E-state index contributed by atoms with van der Waals surface area (Å²) < 4.78 is 5.43. The second kappa shape index (κ2) is 8.30. The number of hydrogen-bond donors (Lipinski definition) is 1. The molecule has 2 amide bonds. The Labute approximate surface area is 160 Å². The van der Waals surface area contributed by atoms with E-state index in [0.717, 1.165) is 37.3 Å². The monoisotopic (exact) mass is 371 g/mol. The number of ether oxygens (including phenoxy) is 1. The zero-order chi connectivity index (χ0) is 18.6. The highest BCUT2D eigenvalue weighted by atomic mass is 16.5. The molecule has 0 aromatic heterocycles. The Morgan fingerprint density at radius 1 is 1.07 bits per heavy atom. The zero-order valence-electron chi connectivity index (χ0n) is 15.9. The third-order valence-corrected chi connectivity index (χ3v) is 6.06. The first-order chi connectivity index (χ1) is 13.2. The highest BCUT2D eigenvalue weighted by Gasteiger charge is 2.38. The van der Waals surface area contributed by atoms with Crippen molar-refractivity contribution in [3.63, 3.8) is 0 Å². The van der Waals surface area contributed by atoms with E-state index in [4.69, 9.17) is 4.74 Å². The molecule has 1 N–H and O–H groups in total. The van der Waals surface area contributed by atoms with Crippen molar-refractivity contribution in [1.29, 1.82) is 0 Å². The van der Waals surface area contributed by atoms with Crippen LogP contribution in [0.15, 0.2) is 24.3 Å². The second-order valence-corrected chi connectivity index (χ2v) is 7.84. The van der Waals surface area contributed by atoms with Gasteiger partial charge in [0.1, 0.15) is 0 Å². The smallest absolute Gasteiger partial charge is 0.229 e. The van der Waals surface area contributed by atoms with Gasteiger partial charge >= 0.3 is 0 Å². The summed E-state index contributed by atoms with van der Waals surface area (Å²) in [5.74, 6) is -0.150. The number of hydrogen-bond acceptors (Lipinski definition) is 4. The average molecular weight is 371 g/mol. The van der Waals surface area contributed by atoms with Gasteiger partial charge in [0.05, 0.1) is 30.5 Å². The van der Waals surface area contributed by atoms with Crippen molar-refractivity contribution < 1.29 is 14.3 Å². The SMILES string of the molecule is O=C(Nc1ccccc1N1CCOCC1)C1CC(=O)N(C2CCCCC2)C1. The summed E-state index contributed by atoms with van der Waals surface area (Å²) in [5.41, 5.74) is 1.86. The maximum Gasteiger partial charge on any atom is 0.229 e. The maximum absolute atomic E-state index is 12.9. The third kappa shape index (κ3) is 4.10. The number of carbonyl (C=O) groups is 2. The van der Waals surface area contributed by atoms with Crippen LogP contribution in [0.3, 0.4) is 0 Å². The van der Waals surface area contributed by atoms with E-state index in [1.807, 2.05) is 29.2 Å². The lowest BCUT2D eigenvalue weighted by Crippen LogP contribution is -2.39. The molecule has 2 aliphatic heterocycles. The van der Waals surface area contributed by atoms with Gasteiger partial charge < -0.3 is 19.9 Å². The summed E-state index contributed by atoms with van der Waals surface area (Å²) in [7, 11) is 0. The van der Waals surface area contributed by atoms with Crippen molar-refractivity contribution in [2.45, 2.75) is 44.6 Å². The summed E-state index contributed by atoms with van der Waals surface area (Å²) in [6.07, 6.45) is 6.15. The lowest BCUT2D eigenvalue weighted by atomic mass is 9.94. The number of nitrogens with one attached hydrogen (secondary N) is 1. The van der Waals surface area contributed by atoms with E-state index < -0.39 is 0 Å². The van der Waals surface area contributed by atoms with Gasteiger partial charge in [0.2, 0.25) is 11.8 Å². The lowest BCUT2D eigenvalue weighted by Gasteiger charge is -2.31. The van der Waals surface area contributed by atoms with E-state index in [2.05, 4.69) is 10.2 Å². The quantitative estimate of drug-likeness (QED) is 0.884. The zero-order valence-corrected chi connectivity index (χ0v) is 15.9. The first-order valence-electron chi connectivity index (χ1n) is 10.2. The predicted molar refractivity (Wildman–Crippen MR) is 105 cm³/mol. The van der Waals surface area contributed by atoms with Crippen LogP contribution in [0.5, 0.6) is 0 Å². The van der Waals surface area contributed by atoms with Crippen molar-refractivity contribution in [2.75, 3.05) is 43.1 Å². The van der Waals surface area contributed by atoms with E-state index >= 15 is 0 Å². The van der Waals surface area contributed by atoms with Gasteiger partial charge in [-0.15, -0.1) is 0 Å². The minimum Gasteiger partial charge on any atom is -0.378 e. The van der Waals surface area contributed by atoms with E-state index in [-0.39, 0.29) is 17.7 Å². The fourth-order valence-corrected chi connectivity index (χ4v) is 4.55. The van der Waals surface area contributed by atoms with Crippen LogP contribution in [0.1, 0.15) is 38.5 Å². The number of anilines is 2. The van der Waals surface area contributed by atoms with Crippen molar-refractivity contribution in [3.05, 3.63) is 24.3 Å². The molecule has 0 spiro atoms. The second-order valence-electron chi connectivity index (χ2n) is 7.84. The molecule has 3 fully saturated rings. The molecule has 146 valence electrons. The van der Waals surface area contributed by atoms with Gasteiger partial charge in [-0.25, -0.2) is 0 Å². The Kier molecular flexibility index (Phi) is 5.62. The fourth-order valence-electron chi connectivity index (χ4n) is 4.55. The van der Waals surface area contributed by atoms with Gasteiger partial charge in [0.15, 0.2) is 0 Å². The van der Waals surface area contributed by atoms with Gasteiger partial charge in [-0.3, -0.25) is 9.59 Å². The molecule has 2 heterocycles. The Hall–Kier alpha value is -2.08. The molecule has 1 saturated carbocycles. The lowest BCUT2D eigenvalue weighted by molar-refractivity contribution is -0.130. The Bertz CT molecular complexity index is 681. The van der Waals surface area contributed by atoms with Crippen molar-refractivity contribution >= 4 is 23.2 Å². The molecular weight excluding hydrogens is 342 g/mol. The van der Waals surface area contributed by atoms with Gasteiger partial charge in [0.25, 0.3) is 0 Å². The molecule has 1 aromatic carbocycles. The van der Waals surface area contributed by atoms with Gasteiger partial charge in [-0.1, -0.05) is 31.4 Å². The normalized spacial score (nSPS) is 24.3. The number of likely N-dealkylation sites (tertiary alicyclic amines) is 1. The minimum atomic E-state index is -0.253. The summed E-state index contributed by atoms with van der Waals surface area (Å²) in [4.78, 5) is 29.6. The summed E-state index contributed by atoms with van der Waals surface area (Å²) in [6, 6.07) is 8.25. The molecule has 4 rings (SSSR count). The standard InChI is InChI=1S/C21H29N3O3/c25-20-14-16(15-24(20)17-6-2-1-3-7-17)21(26)22-18-8-4-5-9-19(18)23-10-12-27-13-11-23/h4-5,8-9,16-17H,1-3,6-7,10-15H2,(H,22,26). The summed E-state index contributed by atoms with van der Waals surface area (Å²) in [6.45, 7) is 3.62. The Morgan fingerprint density at radius 3 is 2.59 bits per heavy atom. The van der Waals surface area contributed by atoms with Crippen LogP contribution in [0.4, 0.5) is 11.4 Å². The van der Waals surface area contributed by atoms with Crippen LogP contribution in [-0.2, 0) is 14.3 Å². The van der Waals surface area contributed by atoms with Gasteiger partial charge in [0, 0.05) is 32.1 Å². The van der Waals surface area contributed by atoms with Crippen LogP contribution in [0.25, 0.3) is 0 Å². The first-order valence-corrected chi connectivity index (χ1v) is 10.2. The maximum atomic E-state index is 12.9. The van der Waals surface area contributed by atoms with Crippen LogP contribution >= 0.6 is 0 Å². The first kappa shape index (κ1) is 18.3. The number of rotatable bonds is 4. The number of amides is 2. The molecule has 6 nitrogen and oxygen atoms in total. The molecule has 0 radical (unpaired) electrons. The average Bonchev–Trinajstić information content (AvgIpc) is 3.12. The van der Waals surface area contributed by atoms with Crippen LogP contribution in [-0.4, -0.2) is 55.6 Å². The number of morpholine rings is 1. The Balaban J connectivity index is 1.41. The van der Waals surface area contributed by atoms with E-state index in [1.165, 1.54) is 19.3 Å². The molecule has 0 bridgehead atoms. The van der Waals surface area contributed by atoms with Crippen molar-refractivity contribution in [3.8, 4) is 0 Å². The third-order valence-electron chi connectivity index (χ3n) is 6.06. The molecule has 1 atom stereocenters. The molecular formula is C21H29N3O3. The van der Waals surface area contributed by atoms with Gasteiger partial charge in [-0.2, -0.15) is 0 Å². The minimum absolute atomic E-state index is 0.0395.